The summed E-state index contributed by atoms with van der Waals surface area (Å²) in [6.45, 7) is 0. The number of hydrogen-bond acceptors (Lipinski definition) is 4. The second-order valence-corrected chi connectivity index (χ2v) is 3.61. The average Bonchev–Trinajstić information content (AvgIpc) is 2.58. The summed E-state index contributed by atoms with van der Waals surface area (Å²) in [5.74, 6) is 1.05. The molecule has 3 nitrogen and oxygen atoms in total. The first-order valence-electron chi connectivity index (χ1n) is 3.82. The molecule has 0 spiro atoms. The summed E-state index contributed by atoms with van der Waals surface area (Å²) < 4.78 is 9.53. The van der Waals surface area contributed by atoms with Gasteiger partial charge in [0.05, 0.1) is 12.9 Å². The summed E-state index contributed by atoms with van der Waals surface area (Å²) in [6.07, 6.45) is 1.36. The standard InChI is InChI=1S/C9H9ClO3S/c1-12-9(11)4-5-14-6-7-2-3-8(10)13-7/h2-5H,6H2,1H3/b5-4+. The molecule has 1 aromatic heterocycles. The second kappa shape index (κ2) is 5.78. The maximum Gasteiger partial charge on any atom is 0.330 e. The Hall–Kier alpha value is -0.870. The van der Waals surface area contributed by atoms with Crippen LogP contribution in [0.4, 0.5) is 0 Å². The van der Waals surface area contributed by atoms with Crippen LogP contribution in [0.15, 0.2) is 28.0 Å². The summed E-state index contributed by atoms with van der Waals surface area (Å²) in [4.78, 5) is 10.7. The number of rotatable bonds is 4. The summed E-state index contributed by atoms with van der Waals surface area (Å²) in [5.41, 5.74) is 0. The number of hydrogen-bond donors (Lipinski definition) is 0. The third kappa shape index (κ3) is 3.89. The van der Waals surface area contributed by atoms with Crippen LogP contribution in [-0.2, 0) is 15.3 Å². The van der Waals surface area contributed by atoms with Gasteiger partial charge in [0.2, 0.25) is 0 Å². The van der Waals surface area contributed by atoms with E-state index in [1.165, 1.54) is 24.9 Å². The van der Waals surface area contributed by atoms with Crippen molar-refractivity contribution in [3.05, 3.63) is 34.6 Å². The molecule has 5 heteroatoms. The molecule has 0 radical (unpaired) electrons. The molecule has 1 aromatic rings. The van der Waals surface area contributed by atoms with E-state index in [-0.39, 0.29) is 5.97 Å². The van der Waals surface area contributed by atoms with E-state index >= 15 is 0 Å². The van der Waals surface area contributed by atoms with Crippen molar-refractivity contribution in [1.82, 2.24) is 0 Å². The molecule has 1 rings (SSSR count). The molecule has 0 aliphatic heterocycles. The number of halogens is 1. The highest BCUT2D eigenvalue weighted by molar-refractivity contribution is 8.01. The molecular formula is C9H9ClO3S. The quantitative estimate of drug-likeness (QED) is 0.591. The molecule has 0 aliphatic rings. The minimum atomic E-state index is -0.366. The molecule has 0 N–H and O–H groups in total. The monoisotopic (exact) mass is 232 g/mol. The van der Waals surface area contributed by atoms with Crippen molar-refractivity contribution in [3.8, 4) is 0 Å². The predicted octanol–water partition coefficient (Wildman–Crippen LogP) is 2.85. The summed E-state index contributed by atoms with van der Waals surface area (Å²) in [7, 11) is 1.34. The normalized spacial score (nSPS) is 10.7. The first-order chi connectivity index (χ1) is 6.72. The van der Waals surface area contributed by atoms with E-state index in [1.54, 1.807) is 17.5 Å². The van der Waals surface area contributed by atoms with Crippen LogP contribution >= 0.6 is 23.4 Å². The van der Waals surface area contributed by atoms with Crippen LogP contribution in [0, 0.1) is 0 Å². The van der Waals surface area contributed by atoms with Crippen molar-refractivity contribution in [3.63, 3.8) is 0 Å². The van der Waals surface area contributed by atoms with Gasteiger partial charge in [-0.25, -0.2) is 4.79 Å². The molecule has 1 heterocycles. The predicted molar refractivity (Wildman–Crippen MR) is 56.2 cm³/mol. The number of methoxy groups -OCH3 is 1. The number of carbonyl (C=O) groups excluding carboxylic acids is 1. The van der Waals surface area contributed by atoms with E-state index in [0.717, 1.165) is 5.76 Å². The van der Waals surface area contributed by atoms with Crippen LogP contribution in [0.5, 0.6) is 0 Å². The van der Waals surface area contributed by atoms with Gasteiger partial charge in [-0.1, -0.05) is 0 Å². The van der Waals surface area contributed by atoms with Crippen molar-refractivity contribution in [2.24, 2.45) is 0 Å². The topological polar surface area (TPSA) is 39.4 Å². The lowest BCUT2D eigenvalue weighted by atomic mass is 10.5. The highest BCUT2D eigenvalue weighted by atomic mass is 35.5. The van der Waals surface area contributed by atoms with Gasteiger partial charge in [0.1, 0.15) is 5.76 Å². The van der Waals surface area contributed by atoms with Gasteiger partial charge in [-0.2, -0.15) is 0 Å². The van der Waals surface area contributed by atoms with Crippen molar-refractivity contribution < 1.29 is 13.9 Å². The Morgan fingerprint density at radius 2 is 2.50 bits per heavy atom. The van der Waals surface area contributed by atoms with Gasteiger partial charge in [0.25, 0.3) is 0 Å². The number of esters is 1. The van der Waals surface area contributed by atoms with Crippen molar-refractivity contribution >= 4 is 29.3 Å². The molecule has 0 atom stereocenters. The molecule has 0 bridgehead atoms. The molecule has 0 fully saturated rings. The number of carbonyl (C=O) groups is 1. The Labute approximate surface area is 91.1 Å². The molecule has 0 amide bonds. The van der Waals surface area contributed by atoms with Crippen LogP contribution in [0.25, 0.3) is 0 Å². The lowest BCUT2D eigenvalue weighted by Gasteiger charge is -1.91. The van der Waals surface area contributed by atoms with Gasteiger partial charge in [0, 0.05) is 6.08 Å². The first-order valence-corrected chi connectivity index (χ1v) is 5.25. The average molecular weight is 233 g/mol. The molecule has 0 aliphatic carbocycles. The molecule has 0 unspecified atom stereocenters. The maximum absolute atomic E-state index is 10.7. The van der Waals surface area contributed by atoms with Crippen LogP contribution in [0.3, 0.4) is 0 Å². The highest BCUT2D eigenvalue weighted by Crippen LogP contribution is 2.18. The molecule has 0 saturated carbocycles. The highest BCUT2D eigenvalue weighted by Gasteiger charge is 1.98. The Morgan fingerprint density at radius 3 is 3.07 bits per heavy atom. The lowest BCUT2D eigenvalue weighted by Crippen LogP contribution is -1.92. The van der Waals surface area contributed by atoms with Crippen LogP contribution in [0.1, 0.15) is 5.76 Å². The number of thioether (sulfide) groups is 1. The largest absolute Gasteiger partial charge is 0.466 e. The fourth-order valence-corrected chi connectivity index (χ4v) is 1.52. The second-order valence-electron chi connectivity index (χ2n) is 2.34. The van der Waals surface area contributed by atoms with Gasteiger partial charge < -0.3 is 9.15 Å². The minimum absolute atomic E-state index is 0.366. The van der Waals surface area contributed by atoms with E-state index in [1.807, 2.05) is 0 Å². The van der Waals surface area contributed by atoms with Gasteiger partial charge in [-0.05, 0) is 29.1 Å². The molecule has 14 heavy (non-hydrogen) atoms. The van der Waals surface area contributed by atoms with Gasteiger partial charge >= 0.3 is 5.97 Å². The zero-order valence-electron chi connectivity index (χ0n) is 7.53. The summed E-state index contributed by atoms with van der Waals surface area (Å²) in [5, 5.41) is 2.03. The van der Waals surface area contributed by atoms with E-state index in [0.29, 0.717) is 11.0 Å². The summed E-state index contributed by atoms with van der Waals surface area (Å²) in [6, 6.07) is 3.47. The lowest BCUT2D eigenvalue weighted by molar-refractivity contribution is -0.134. The van der Waals surface area contributed by atoms with Crippen LogP contribution < -0.4 is 0 Å². The third-order valence-corrected chi connectivity index (χ3v) is 2.34. The van der Waals surface area contributed by atoms with E-state index < -0.39 is 0 Å². The van der Waals surface area contributed by atoms with Crippen molar-refractivity contribution in [2.45, 2.75) is 5.75 Å². The number of furan rings is 1. The SMILES string of the molecule is COC(=O)/C=C/SCc1ccc(Cl)o1. The third-order valence-electron chi connectivity index (χ3n) is 1.36. The van der Waals surface area contributed by atoms with Crippen molar-refractivity contribution in [2.75, 3.05) is 7.11 Å². The van der Waals surface area contributed by atoms with Gasteiger partial charge in [-0.15, -0.1) is 11.8 Å². The zero-order chi connectivity index (χ0) is 10.4. The minimum Gasteiger partial charge on any atom is -0.466 e. The molecule has 76 valence electrons. The van der Waals surface area contributed by atoms with Crippen molar-refractivity contribution in [1.29, 1.82) is 0 Å². The first kappa shape index (κ1) is 11.2. The Balaban J connectivity index is 2.28. The Morgan fingerprint density at radius 1 is 1.71 bits per heavy atom. The molecule has 0 aromatic carbocycles. The van der Waals surface area contributed by atoms with Crippen LogP contribution in [-0.4, -0.2) is 13.1 Å². The maximum atomic E-state index is 10.7. The fraction of sp³-hybridized carbons (Fsp3) is 0.222. The number of ether oxygens (including phenoxy) is 1. The fourth-order valence-electron chi connectivity index (χ4n) is 0.731. The molecular weight excluding hydrogens is 224 g/mol. The van der Waals surface area contributed by atoms with E-state index in [4.69, 9.17) is 16.0 Å². The summed E-state index contributed by atoms with van der Waals surface area (Å²) >= 11 is 7.01. The van der Waals surface area contributed by atoms with E-state index in [9.17, 15) is 4.79 Å². The molecule has 0 saturated heterocycles. The Bertz CT molecular complexity index is 333. The van der Waals surface area contributed by atoms with Gasteiger partial charge in [0.15, 0.2) is 5.22 Å². The van der Waals surface area contributed by atoms with E-state index in [2.05, 4.69) is 4.74 Å². The van der Waals surface area contributed by atoms with Gasteiger partial charge in [-0.3, -0.25) is 0 Å². The Kier molecular flexibility index (Phi) is 4.62. The zero-order valence-corrected chi connectivity index (χ0v) is 9.10. The smallest absolute Gasteiger partial charge is 0.330 e. The van der Waals surface area contributed by atoms with Crippen LogP contribution in [0.2, 0.25) is 5.22 Å².